The Morgan fingerprint density at radius 2 is 1.65 bits per heavy atom. The molecule has 0 bridgehead atoms. The maximum Gasteiger partial charge on any atom is 0.310 e. The van der Waals surface area contributed by atoms with Gasteiger partial charge >= 0.3 is 5.97 Å². The van der Waals surface area contributed by atoms with Crippen molar-refractivity contribution in [2.45, 2.75) is 25.8 Å². The van der Waals surface area contributed by atoms with Gasteiger partial charge < -0.3 is 10.1 Å². The molecule has 0 spiro atoms. The largest absolute Gasteiger partial charge is 0.455 e. The molecule has 1 amide bonds. The summed E-state index contributed by atoms with van der Waals surface area (Å²) in [5, 5.41) is 2.62. The number of rotatable bonds is 8. The fourth-order valence-electron chi connectivity index (χ4n) is 2.35. The number of carbonyl (C=O) groups excluding carboxylic acids is 3. The van der Waals surface area contributed by atoms with Gasteiger partial charge in [0.2, 0.25) is 0 Å². The molecule has 0 radical (unpaired) electrons. The number of esters is 1. The van der Waals surface area contributed by atoms with E-state index in [9.17, 15) is 14.4 Å². The molecule has 6 heteroatoms. The van der Waals surface area contributed by atoms with Crippen LogP contribution in [0.4, 0.5) is 0 Å². The van der Waals surface area contributed by atoms with Crippen LogP contribution >= 0.6 is 15.9 Å². The number of Topliss-reactive ketones (excluding diaryl/α,β-unsaturated/α-hetero) is 1. The van der Waals surface area contributed by atoms with Crippen LogP contribution in [0.25, 0.3) is 0 Å². The van der Waals surface area contributed by atoms with E-state index < -0.39 is 24.5 Å². The molecule has 1 N–H and O–H groups in total. The molecule has 0 saturated carbocycles. The van der Waals surface area contributed by atoms with E-state index in [-0.39, 0.29) is 12.2 Å². The van der Waals surface area contributed by atoms with Crippen molar-refractivity contribution in [3.05, 3.63) is 70.2 Å². The molecule has 2 rings (SSSR count). The summed E-state index contributed by atoms with van der Waals surface area (Å²) in [7, 11) is 0. The summed E-state index contributed by atoms with van der Waals surface area (Å²) in [6, 6.07) is 16.0. The third-order valence-electron chi connectivity index (χ3n) is 3.73. The Morgan fingerprint density at radius 3 is 2.27 bits per heavy atom. The number of nitrogens with one attached hydrogen (secondary N) is 1. The second kappa shape index (κ2) is 9.87. The molecular formula is C20H20BrNO4. The molecule has 0 aliphatic rings. The number of benzene rings is 2. The van der Waals surface area contributed by atoms with Crippen molar-refractivity contribution in [3.8, 4) is 0 Å². The highest BCUT2D eigenvalue weighted by Crippen LogP contribution is 2.11. The molecule has 0 aliphatic heterocycles. The lowest BCUT2D eigenvalue weighted by molar-refractivity contribution is -0.148. The first kappa shape index (κ1) is 19.8. The minimum Gasteiger partial charge on any atom is -0.455 e. The van der Waals surface area contributed by atoms with Gasteiger partial charge in [-0.3, -0.25) is 14.4 Å². The average molecular weight is 418 g/mol. The van der Waals surface area contributed by atoms with Crippen LogP contribution < -0.4 is 5.32 Å². The lowest BCUT2D eigenvalue weighted by Gasteiger charge is -2.16. The molecule has 0 saturated heterocycles. The molecule has 5 nitrogen and oxygen atoms in total. The Balaban J connectivity index is 1.81. The van der Waals surface area contributed by atoms with Crippen LogP contribution in [-0.4, -0.2) is 30.3 Å². The van der Waals surface area contributed by atoms with E-state index >= 15 is 0 Å². The van der Waals surface area contributed by atoms with Crippen LogP contribution in [0.15, 0.2) is 59.1 Å². The third-order valence-corrected chi connectivity index (χ3v) is 4.26. The number of ether oxygens (including phenoxy) is 1. The van der Waals surface area contributed by atoms with E-state index in [1.807, 2.05) is 42.5 Å². The van der Waals surface area contributed by atoms with E-state index in [2.05, 4.69) is 21.2 Å². The summed E-state index contributed by atoms with van der Waals surface area (Å²) in [6.45, 7) is 1.02. The maximum atomic E-state index is 12.0. The standard InChI is InChI=1S/C20H20BrNO4/c1-14(23)18(11-15-5-3-2-4-6-15)22-19(24)13-26-20(25)12-16-7-9-17(21)10-8-16/h2-10,18H,11-13H2,1H3,(H,22,24)/t18-/m1/s1. The molecular weight excluding hydrogens is 398 g/mol. The van der Waals surface area contributed by atoms with Crippen molar-refractivity contribution >= 4 is 33.6 Å². The molecule has 1 atom stereocenters. The Morgan fingerprint density at radius 1 is 1.00 bits per heavy atom. The highest BCUT2D eigenvalue weighted by atomic mass is 79.9. The molecule has 0 heterocycles. The molecule has 0 aliphatic carbocycles. The van der Waals surface area contributed by atoms with E-state index in [4.69, 9.17) is 4.74 Å². The van der Waals surface area contributed by atoms with Crippen LogP contribution in [0.5, 0.6) is 0 Å². The van der Waals surface area contributed by atoms with Crippen LogP contribution in [0.1, 0.15) is 18.1 Å². The normalized spacial score (nSPS) is 11.5. The van der Waals surface area contributed by atoms with Crippen LogP contribution in [0.3, 0.4) is 0 Å². The second-order valence-electron chi connectivity index (χ2n) is 5.88. The molecule has 0 aromatic heterocycles. The van der Waals surface area contributed by atoms with Gasteiger partial charge in [0, 0.05) is 4.47 Å². The maximum absolute atomic E-state index is 12.0. The van der Waals surface area contributed by atoms with E-state index in [1.54, 1.807) is 12.1 Å². The van der Waals surface area contributed by atoms with Gasteiger partial charge in [-0.15, -0.1) is 0 Å². The first-order chi connectivity index (χ1) is 12.4. The monoisotopic (exact) mass is 417 g/mol. The van der Waals surface area contributed by atoms with Crippen LogP contribution in [-0.2, 0) is 32.0 Å². The van der Waals surface area contributed by atoms with Crippen molar-refractivity contribution < 1.29 is 19.1 Å². The first-order valence-corrected chi connectivity index (χ1v) is 8.97. The number of hydrogen-bond acceptors (Lipinski definition) is 4. The Hall–Kier alpha value is -2.47. The molecule has 136 valence electrons. The Bertz CT molecular complexity index is 759. The number of halogens is 1. The predicted octanol–water partition coefficient (Wildman–Crippen LogP) is 2.85. The molecule has 2 aromatic carbocycles. The van der Waals surface area contributed by atoms with E-state index in [1.165, 1.54) is 6.92 Å². The summed E-state index contributed by atoms with van der Waals surface area (Å²) in [6.07, 6.45) is 0.482. The van der Waals surface area contributed by atoms with Crippen molar-refractivity contribution in [1.82, 2.24) is 5.32 Å². The van der Waals surface area contributed by atoms with E-state index in [0.29, 0.717) is 6.42 Å². The van der Waals surface area contributed by atoms with Gasteiger partial charge in [-0.05, 0) is 36.6 Å². The average Bonchev–Trinajstić information content (AvgIpc) is 2.62. The highest BCUT2D eigenvalue weighted by Gasteiger charge is 2.18. The smallest absolute Gasteiger partial charge is 0.310 e. The SMILES string of the molecule is CC(=O)[C@@H](Cc1ccccc1)NC(=O)COC(=O)Cc1ccc(Br)cc1. The summed E-state index contributed by atoms with van der Waals surface area (Å²) in [5.41, 5.74) is 1.74. The summed E-state index contributed by atoms with van der Waals surface area (Å²) < 4.78 is 5.91. The van der Waals surface area contributed by atoms with Crippen LogP contribution in [0, 0.1) is 0 Å². The van der Waals surface area contributed by atoms with Crippen molar-refractivity contribution in [3.63, 3.8) is 0 Å². The van der Waals surface area contributed by atoms with Crippen molar-refractivity contribution in [2.75, 3.05) is 6.61 Å². The van der Waals surface area contributed by atoms with Crippen LogP contribution in [0.2, 0.25) is 0 Å². The fraction of sp³-hybridized carbons (Fsp3) is 0.250. The zero-order valence-electron chi connectivity index (χ0n) is 14.4. The lowest BCUT2D eigenvalue weighted by Crippen LogP contribution is -2.43. The second-order valence-corrected chi connectivity index (χ2v) is 6.80. The lowest BCUT2D eigenvalue weighted by atomic mass is 10.0. The number of carbonyl (C=O) groups is 3. The van der Waals surface area contributed by atoms with Crippen molar-refractivity contribution in [2.24, 2.45) is 0 Å². The topological polar surface area (TPSA) is 72.5 Å². The Labute approximate surface area is 160 Å². The number of hydrogen-bond donors (Lipinski definition) is 1. The molecule has 2 aromatic rings. The first-order valence-electron chi connectivity index (χ1n) is 8.18. The molecule has 0 unspecified atom stereocenters. The Kier molecular flexibility index (Phi) is 7.53. The zero-order chi connectivity index (χ0) is 18.9. The van der Waals surface area contributed by atoms with Gasteiger partial charge in [-0.2, -0.15) is 0 Å². The van der Waals surface area contributed by atoms with Gasteiger partial charge in [0.25, 0.3) is 5.91 Å². The summed E-state index contributed by atoms with van der Waals surface area (Å²) in [4.78, 5) is 35.6. The van der Waals surface area contributed by atoms with Gasteiger partial charge in [0.1, 0.15) is 0 Å². The fourth-order valence-corrected chi connectivity index (χ4v) is 2.61. The highest BCUT2D eigenvalue weighted by molar-refractivity contribution is 9.10. The summed E-state index contributed by atoms with van der Waals surface area (Å²) >= 11 is 3.32. The zero-order valence-corrected chi connectivity index (χ0v) is 16.0. The third kappa shape index (κ3) is 6.80. The number of ketones is 1. The van der Waals surface area contributed by atoms with Gasteiger partial charge in [0.15, 0.2) is 12.4 Å². The quantitative estimate of drug-likeness (QED) is 0.670. The minimum absolute atomic E-state index is 0.0840. The molecule has 26 heavy (non-hydrogen) atoms. The van der Waals surface area contributed by atoms with Gasteiger partial charge in [-0.1, -0.05) is 58.4 Å². The van der Waals surface area contributed by atoms with Crippen molar-refractivity contribution in [1.29, 1.82) is 0 Å². The predicted molar refractivity (Wildman–Crippen MR) is 102 cm³/mol. The summed E-state index contributed by atoms with van der Waals surface area (Å²) in [5.74, 6) is -1.14. The minimum atomic E-state index is -0.643. The van der Waals surface area contributed by atoms with E-state index in [0.717, 1.165) is 15.6 Å². The number of amides is 1. The van der Waals surface area contributed by atoms with Gasteiger partial charge in [0.05, 0.1) is 12.5 Å². The molecule has 0 fully saturated rings. The van der Waals surface area contributed by atoms with Gasteiger partial charge in [-0.25, -0.2) is 0 Å².